The summed E-state index contributed by atoms with van der Waals surface area (Å²) in [6.07, 6.45) is 6.02. The lowest BCUT2D eigenvalue weighted by molar-refractivity contribution is 0.518. The van der Waals surface area contributed by atoms with Crippen LogP contribution in [0.1, 0.15) is 25.3 Å². The third-order valence-corrected chi connectivity index (χ3v) is 4.00. The molecule has 1 unspecified atom stereocenters. The van der Waals surface area contributed by atoms with Crippen molar-refractivity contribution in [3.05, 3.63) is 35.7 Å². The maximum Gasteiger partial charge on any atom is 0.144 e. The fourth-order valence-electron chi connectivity index (χ4n) is 2.19. The van der Waals surface area contributed by atoms with E-state index >= 15 is 0 Å². The van der Waals surface area contributed by atoms with E-state index in [2.05, 4.69) is 18.3 Å². The Bertz CT molecular complexity index is 428. The Labute approximate surface area is 106 Å². The van der Waals surface area contributed by atoms with E-state index in [1.54, 1.807) is 0 Å². The normalized spacial score (nSPS) is 20.2. The second kappa shape index (κ2) is 5.69. The minimum atomic E-state index is -0.0667. The summed E-state index contributed by atoms with van der Waals surface area (Å²) >= 11 is 1.46. The Hall–Kier alpha value is -0.800. The summed E-state index contributed by atoms with van der Waals surface area (Å²) in [5.41, 5.74) is 1.92. The number of hydrogen-bond acceptors (Lipinski definition) is 2. The van der Waals surface area contributed by atoms with Crippen LogP contribution < -0.4 is 5.32 Å². The van der Waals surface area contributed by atoms with Crippen LogP contribution >= 0.6 is 11.8 Å². The van der Waals surface area contributed by atoms with Gasteiger partial charge in [-0.2, -0.15) is 0 Å². The van der Waals surface area contributed by atoms with E-state index in [1.807, 2.05) is 24.5 Å². The van der Waals surface area contributed by atoms with Crippen LogP contribution in [0, 0.1) is 5.82 Å². The van der Waals surface area contributed by atoms with E-state index in [9.17, 15) is 4.39 Å². The molecule has 0 bridgehead atoms. The third-order valence-electron chi connectivity index (χ3n) is 3.24. The Balaban J connectivity index is 2.31. The molecule has 0 radical (unpaired) electrons. The summed E-state index contributed by atoms with van der Waals surface area (Å²) in [5.74, 6) is -0.0667. The molecule has 1 N–H and O–H groups in total. The lowest BCUT2D eigenvalue weighted by atomic mass is 9.94. The van der Waals surface area contributed by atoms with Gasteiger partial charge in [0, 0.05) is 23.0 Å². The lowest BCUT2D eigenvalue weighted by Crippen LogP contribution is -2.32. The van der Waals surface area contributed by atoms with E-state index in [4.69, 9.17) is 0 Å². The molecular formula is C14H18FNS. The van der Waals surface area contributed by atoms with Crippen LogP contribution in [0.2, 0.25) is 0 Å². The van der Waals surface area contributed by atoms with Crippen LogP contribution in [0.15, 0.2) is 29.2 Å². The van der Waals surface area contributed by atoms with Crippen molar-refractivity contribution in [2.75, 3.05) is 12.8 Å². The Kier molecular flexibility index (Phi) is 4.24. The predicted molar refractivity (Wildman–Crippen MR) is 72.9 cm³/mol. The van der Waals surface area contributed by atoms with E-state index < -0.39 is 0 Å². The molecule has 0 aromatic heterocycles. The maximum atomic E-state index is 14.2. The molecule has 1 aromatic carbocycles. The first kappa shape index (κ1) is 12.7. The smallest absolute Gasteiger partial charge is 0.144 e. The maximum absolute atomic E-state index is 14.2. The summed E-state index contributed by atoms with van der Waals surface area (Å²) in [6, 6.07) is 6.14. The zero-order chi connectivity index (χ0) is 12.3. The van der Waals surface area contributed by atoms with E-state index in [1.165, 1.54) is 11.8 Å². The van der Waals surface area contributed by atoms with Crippen molar-refractivity contribution < 1.29 is 4.39 Å². The van der Waals surface area contributed by atoms with Gasteiger partial charge in [-0.1, -0.05) is 25.1 Å². The average molecular weight is 251 g/mol. The average Bonchev–Trinajstić information content (AvgIpc) is 2.39. The molecule has 17 heavy (non-hydrogen) atoms. The number of benzene rings is 1. The van der Waals surface area contributed by atoms with Crippen LogP contribution in [-0.4, -0.2) is 18.8 Å². The van der Waals surface area contributed by atoms with Crippen LogP contribution in [0.4, 0.5) is 4.39 Å². The number of hydrogen-bond donors (Lipinski definition) is 1. The molecule has 0 fully saturated rings. The predicted octanol–water partition coefficient (Wildman–Crippen LogP) is 3.70. The molecule has 0 saturated heterocycles. The molecule has 1 atom stereocenters. The van der Waals surface area contributed by atoms with Gasteiger partial charge in [-0.25, -0.2) is 4.39 Å². The third kappa shape index (κ3) is 2.72. The SMILES string of the molecule is CCC1CC(c2cccc(SC)c2F)=CCN1. The molecule has 1 aromatic rings. The Morgan fingerprint density at radius 3 is 3.00 bits per heavy atom. The molecule has 0 spiro atoms. The second-order valence-electron chi connectivity index (χ2n) is 4.27. The summed E-state index contributed by atoms with van der Waals surface area (Å²) in [6.45, 7) is 3.01. The molecule has 1 heterocycles. The standard InChI is InChI=1S/C14H18FNS/c1-3-11-9-10(7-8-16-11)12-5-4-6-13(17-2)14(12)15/h4-7,11,16H,3,8-9H2,1-2H3. The van der Waals surface area contributed by atoms with Crippen molar-refractivity contribution in [2.45, 2.75) is 30.7 Å². The first-order valence-electron chi connectivity index (χ1n) is 6.01. The molecule has 1 aliphatic rings. The number of nitrogens with one attached hydrogen (secondary N) is 1. The van der Waals surface area contributed by atoms with Crippen molar-refractivity contribution >= 4 is 17.3 Å². The summed E-state index contributed by atoms with van der Waals surface area (Å²) < 4.78 is 14.2. The Morgan fingerprint density at radius 2 is 2.29 bits per heavy atom. The van der Waals surface area contributed by atoms with Crippen LogP contribution in [0.3, 0.4) is 0 Å². The summed E-state index contributed by atoms with van der Waals surface area (Å²) in [7, 11) is 0. The van der Waals surface area contributed by atoms with Gasteiger partial charge in [-0.3, -0.25) is 0 Å². The Morgan fingerprint density at radius 1 is 1.47 bits per heavy atom. The number of halogens is 1. The van der Waals surface area contributed by atoms with Gasteiger partial charge in [-0.15, -0.1) is 11.8 Å². The highest BCUT2D eigenvalue weighted by Gasteiger charge is 2.17. The summed E-state index contributed by atoms with van der Waals surface area (Å²) in [4.78, 5) is 0.731. The van der Waals surface area contributed by atoms with Crippen molar-refractivity contribution in [1.29, 1.82) is 0 Å². The van der Waals surface area contributed by atoms with E-state index in [0.717, 1.165) is 35.4 Å². The molecule has 3 heteroatoms. The summed E-state index contributed by atoms with van der Waals surface area (Å²) in [5, 5.41) is 3.41. The topological polar surface area (TPSA) is 12.0 Å². The van der Waals surface area contributed by atoms with Gasteiger partial charge in [0.2, 0.25) is 0 Å². The van der Waals surface area contributed by atoms with Crippen LogP contribution in [0.25, 0.3) is 5.57 Å². The fourth-order valence-corrected chi connectivity index (χ4v) is 2.70. The van der Waals surface area contributed by atoms with Crippen molar-refractivity contribution in [2.24, 2.45) is 0 Å². The van der Waals surface area contributed by atoms with E-state index in [0.29, 0.717) is 6.04 Å². The largest absolute Gasteiger partial charge is 0.310 e. The fraction of sp³-hybridized carbons (Fsp3) is 0.429. The van der Waals surface area contributed by atoms with Gasteiger partial charge >= 0.3 is 0 Å². The molecule has 0 aliphatic carbocycles. The number of thioether (sulfide) groups is 1. The van der Waals surface area contributed by atoms with Crippen molar-refractivity contribution in [1.82, 2.24) is 5.32 Å². The first-order valence-corrected chi connectivity index (χ1v) is 7.24. The first-order chi connectivity index (χ1) is 8.26. The van der Waals surface area contributed by atoms with Gasteiger partial charge in [-0.05, 0) is 30.7 Å². The van der Waals surface area contributed by atoms with Gasteiger partial charge < -0.3 is 5.32 Å². The van der Waals surface area contributed by atoms with Crippen molar-refractivity contribution in [3.8, 4) is 0 Å². The second-order valence-corrected chi connectivity index (χ2v) is 5.12. The van der Waals surface area contributed by atoms with Crippen LogP contribution in [0.5, 0.6) is 0 Å². The zero-order valence-corrected chi connectivity index (χ0v) is 11.1. The lowest BCUT2D eigenvalue weighted by Gasteiger charge is -2.23. The highest BCUT2D eigenvalue weighted by Crippen LogP contribution is 2.30. The molecule has 92 valence electrons. The quantitative estimate of drug-likeness (QED) is 0.822. The zero-order valence-electron chi connectivity index (χ0n) is 10.3. The van der Waals surface area contributed by atoms with E-state index in [-0.39, 0.29) is 5.82 Å². The monoisotopic (exact) mass is 251 g/mol. The van der Waals surface area contributed by atoms with Crippen molar-refractivity contribution in [3.63, 3.8) is 0 Å². The highest BCUT2D eigenvalue weighted by molar-refractivity contribution is 7.98. The van der Waals surface area contributed by atoms with Crippen LogP contribution in [-0.2, 0) is 0 Å². The molecule has 0 saturated carbocycles. The molecular weight excluding hydrogens is 233 g/mol. The molecule has 2 rings (SSSR count). The van der Waals surface area contributed by atoms with Gasteiger partial charge in [0.15, 0.2) is 0 Å². The highest BCUT2D eigenvalue weighted by atomic mass is 32.2. The molecule has 1 aliphatic heterocycles. The molecule has 0 amide bonds. The number of rotatable bonds is 3. The van der Waals surface area contributed by atoms with Gasteiger partial charge in [0.05, 0.1) is 0 Å². The van der Waals surface area contributed by atoms with Gasteiger partial charge in [0.1, 0.15) is 5.82 Å². The van der Waals surface area contributed by atoms with Gasteiger partial charge in [0.25, 0.3) is 0 Å². The minimum absolute atomic E-state index is 0.0667. The molecule has 1 nitrogen and oxygen atoms in total. The minimum Gasteiger partial charge on any atom is -0.310 e.